The second-order valence-corrected chi connectivity index (χ2v) is 8.48. The molecule has 1 aromatic rings. The number of nitrogens with one attached hydrogen (secondary N) is 1. The number of thioether (sulfide) groups is 1. The van der Waals surface area contributed by atoms with Crippen LogP contribution < -0.4 is 0 Å². The lowest BCUT2D eigenvalue weighted by atomic mass is 11.0. The highest BCUT2D eigenvalue weighted by molar-refractivity contribution is 8.76. The van der Waals surface area contributed by atoms with Crippen LogP contribution in [0.4, 0.5) is 0 Å². The van der Waals surface area contributed by atoms with Gasteiger partial charge in [0, 0.05) is 29.2 Å². The fourth-order valence-corrected chi connectivity index (χ4v) is 5.78. The van der Waals surface area contributed by atoms with E-state index < -0.39 is 0 Å². The lowest BCUT2D eigenvalue weighted by Crippen LogP contribution is -1.81. The molecule has 7 heteroatoms. The van der Waals surface area contributed by atoms with Gasteiger partial charge in [0.05, 0.1) is 4.21 Å². The van der Waals surface area contributed by atoms with Crippen molar-refractivity contribution >= 4 is 69.5 Å². The molecule has 1 rings (SSSR count). The third-order valence-electron chi connectivity index (χ3n) is 1.17. The highest BCUT2D eigenvalue weighted by Crippen LogP contribution is 2.27. The average Bonchev–Trinajstić information content (AvgIpc) is 2.58. The van der Waals surface area contributed by atoms with E-state index >= 15 is 0 Å². The highest BCUT2D eigenvalue weighted by atomic mass is 33.1. The van der Waals surface area contributed by atoms with Crippen molar-refractivity contribution in [3.63, 3.8) is 0 Å². The van der Waals surface area contributed by atoms with Crippen LogP contribution in [0, 0.1) is 3.95 Å². The van der Waals surface area contributed by atoms with Crippen LogP contribution in [0.15, 0.2) is 10.4 Å². The number of hydrogen-bond acceptors (Lipinski definition) is 6. The van der Waals surface area contributed by atoms with E-state index in [4.69, 9.17) is 12.2 Å². The van der Waals surface area contributed by atoms with Crippen molar-refractivity contribution in [2.45, 2.75) is 4.21 Å². The molecule has 0 bridgehead atoms. The molecule has 1 N–H and O–H groups in total. The van der Waals surface area contributed by atoms with Crippen molar-refractivity contribution in [1.29, 1.82) is 0 Å². The number of thiazole rings is 1. The second kappa shape index (κ2) is 8.41. The van der Waals surface area contributed by atoms with Gasteiger partial charge in [-0.15, -0.1) is 11.8 Å². The van der Waals surface area contributed by atoms with Crippen molar-refractivity contribution in [3.05, 3.63) is 10.2 Å². The third-order valence-corrected chi connectivity index (χ3v) is 6.77. The Labute approximate surface area is 111 Å². The van der Waals surface area contributed by atoms with Crippen LogP contribution in [0.5, 0.6) is 0 Å². The number of rotatable bonds is 7. The zero-order valence-corrected chi connectivity index (χ0v) is 12.4. The topological polar surface area (TPSA) is 15.8 Å². The van der Waals surface area contributed by atoms with Crippen molar-refractivity contribution in [2.75, 3.05) is 23.0 Å². The smallest absolute Gasteiger partial charge is 0.159 e. The van der Waals surface area contributed by atoms with Crippen LogP contribution in [0.1, 0.15) is 0 Å². The van der Waals surface area contributed by atoms with E-state index in [0.29, 0.717) is 0 Å². The standard InChI is InChI=1S/C7H11NS6/c9-1-2-12-13-4-3-11-6-5-8-7(10)14-6/h5,9H,1-4H2,(H,8,10). The number of hydrogen-bond donors (Lipinski definition) is 2. The minimum atomic E-state index is 0.865. The zero-order valence-electron chi connectivity index (χ0n) is 7.39. The van der Waals surface area contributed by atoms with E-state index in [9.17, 15) is 0 Å². The fraction of sp³-hybridized carbons (Fsp3) is 0.571. The normalized spacial score (nSPS) is 10.6. The molecule has 0 radical (unpaired) electrons. The van der Waals surface area contributed by atoms with Crippen LogP contribution in [-0.2, 0) is 0 Å². The van der Waals surface area contributed by atoms with Crippen molar-refractivity contribution in [2.24, 2.45) is 0 Å². The van der Waals surface area contributed by atoms with Gasteiger partial charge in [-0.05, 0) is 12.2 Å². The Morgan fingerprint density at radius 3 is 2.79 bits per heavy atom. The molecule has 0 aromatic carbocycles. The molecule has 0 fully saturated rings. The van der Waals surface area contributed by atoms with E-state index in [-0.39, 0.29) is 0 Å². The molecule has 14 heavy (non-hydrogen) atoms. The minimum absolute atomic E-state index is 0.865. The third kappa shape index (κ3) is 5.97. The summed E-state index contributed by atoms with van der Waals surface area (Å²) in [6.45, 7) is 0. The Morgan fingerprint density at radius 1 is 1.36 bits per heavy atom. The van der Waals surface area contributed by atoms with Crippen LogP contribution >= 0.6 is 69.5 Å². The monoisotopic (exact) mass is 301 g/mol. The van der Waals surface area contributed by atoms with Crippen LogP contribution in [0.3, 0.4) is 0 Å². The van der Waals surface area contributed by atoms with Gasteiger partial charge >= 0.3 is 0 Å². The molecule has 1 heterocycles. The summed E-state index contributed by atoms with van der Waals surface area (Å²) in [5, 5.41) is 0. The summed E-state index contributed by atoms with van der Waals surface area (Å²) < 4.78 is 2.15. The summed E-state index contributed by atoms with van der Waals surface area (Å²) in [7, 11) is 3.81. The number of aromatic nitrogens is 1. The summed E-state index contributed by atoms with van der Waals surface area (Å²) >= 11 is 12.7. The average molecular weight is 302 g/mol. The molecule has 0 amide bonds. The highest BCUT2D eigenvalue weighted by Gasteiger charge is 1.96. The molecule has 0 unspecified atom stereocenters. The second-order valence-electron chi connectivity index (χ2n) is 2.21. The SMILES string of the molecule is S=c1[nH]cc(SCCSSCCS)s1. The fourth-order valence-electron chi connectivity index (χ4n) is 0.671. The van der Waals surface area contributed by atoms with Crippen molar-refractivity contribution < 1.29 is 0 Å². The van der Waals surface area contributed by atoms with Gasteiger partial charge in [0.25, 0.3) is 0 Å². The van der Waals surface area contributed by atoms with Gasteiger partial charge in [-0.1, -0.05) is 32.9 Å². The largest absolute Gasteiger partial charge is 0.343 e. The first-order valence-corrected chi connectivity index (χ1v) is 9.32. The van der Waals surface area contributed by atoms with Gasteiger partial charge in [-0.3, -0.25) is 0 Å². The van der Waals surface area contributed by atoms with Gasteiger partial charge in [0.15, 0.2) is 3.95 Å². The first-order valence-electron chi connectivity index (χ1n) is 3.99. The Morgan fingerprint density at radius 2 is 2.14 bits per heavy atom. The Balaban J connectivity index is 2.02. The molecule has 80 valence electrons. The van der Waals surface area contributed by atoms with Gasteiger partial charge < -0.3 is 4.98 Å². The molecular weight excluding hydrogens is 290 g/mol. The maximum absolute atomic E-state index is 5.00. The summed E-state index contributed by atoms with van der Waals surface area (Å²) in [6.07, 6.45) is 1.99. The molecule has 1 nitrogen and oxygen atoms in total. The first kappa shape index (κ1) is 13.3. The molecule has 0 saturated carbocycles. The van der Waals surface area contributed by atoms with Crippen molar-refractivity contribution in [1.82, 2.24) is 4.98 Å². The van der Waals surface area contributed by atoms with Crippen LogP contribution in [0.25, 0.3) is 0 Å². The van der Waals surface area contributed by atoms with E-state index in [1.165, 1.54) is 9.96 Å². The molecule has 0 aliphatic rings. The Hall–Kier alpha value is 1.25. The van der Waals surface area contributed by atoms with E-state index in [1.54, 1.807) is 11.3 Å². The van der Waals surface area contributed by atoms with Gasteiger partial charge in [-0.25, -0.2) is 0 Å². The molecule has 0 aliphatic carbocycles. The van der Waals surface area contributed by atoms with Gasteiger partial charge in [0.1, 0.15) is 0 Å². The molecule has 0 atom stereocenters. The first-order chi connectivity index (χ1) is 6.83. The number of H-pyrrole nitrogens is 1. The lowest BCUT2D eigenvalue weighted by Gasteiger charge is -1.97. The Kier molecular flexibility index (Phi) is 8.00. The maximum atomic E-state index is 5.00. The zero-order chi connectivity index (χ0) is 10.2. The quantitative estimate of drug-likeness (QED) is 0.258. The van der Waals surface area contributed by atoms with Gasteiger partial charge in [-0.2, -0.15) is 12.6 Å². The van der Waals surface area contributed by atoms with Crippen LogP contribution in [0.2, 0.25) is 0 Å². The lowest BCUT2D eigenvalue weighted by molar-refractivity contribution is 1.35. The summed E-state index contributed by atoms with van der Waals surface area (Å²) in [6, 6.07) is 0. The number of thiol groups is 1. The van der Waals surface area contributed by atoms with Crippen LogP contribution in [-0.4, -0.2) is 28.0 Å². The predicted octanol–water partition coefficient (Wildman–Crippen LogP) is 4.21. The van der Waals surface area contributed by atoms with E-state index in [1.807, 2.05) is 39.5 Å². The molecule has 0 saturated heterocycles. The van der Waals surface area contributed by atoms with E-state index in [2.05, 4.69) is 17.6 Å². The Bertz CT molecular complexity index is 292. The molecule has 0 aliphatic heterocycles. The molecular formula is C7H11NS6. The maximum Gasteiger partial charge on any atom is 0.159 e. The van der Waals surface area contributed by atoms with E-state index in [0.717, 1.165) is 21.2 Å². The summed E-state index contributed by atoms with van der Waals surface area (Å²) in [5.41, 5.74) is 0. The summed E-state index contributed by atoms with van der Waals surface area (Å²) in [5.74, 6) is 4.41. The molecule has 0 spiro atoms. The molecule has 1 aromatic heterocycles. The minimum Gasteiger partial charge on any atom is -0.343 e. The number of aromatic amines is 1. The van der Waals surface area contributed by atoms with Crippen molar-refractivity contribution in [3.8, 4) is 0 Å². The predicted molar refractivity (Wildman–Crippen MR) is 79.0 cm³/mol. The van der Waals surface area contributed by atoms with Gasteiger partial charge in [0.2, 0.25) is 0 Å². The summed E-state index contributed by atoms with van der Waals surface area (Å²) in [4.78, 5) is 3.02.